The minimum Gasteiger partial charge on any atom is -0.489 e. The Kier molecular flexibility index (Phi) is 6.74. The number of nitro groups is 1. The van der Waals surface area contributed by atoms with Gasteiger partial charge >= 0.3 is 11.7 Å². The number of alkyl halides is 1. The zero-order valence-electron chi connectivity index (χ0n) is 11.8. The van der Waals surface area contributed by atoms with Crippen LogP contribution < -0.4 is 9.47 Å². The molecule has 0 aliphatic carbocycles. The predicted molar refractivity (Wildman–Crippen MR) is 76.4 cm³/mol. The van der Waals surface area contributed by atoms with Crippen LogP contribution in [0.1, 0.15) is 23.7 Å². The summed E-state index contributed by atoms with van der Waals surface area (Å²) in [5.41, 5.74) is -0.650. The molecule has 0 radical (unpaired) electrons. The number of hydrogen-bond donors (Lipinski definition) is 0. The van der Waals surface area contributed by atoms with Gasteiger partial charge in [-0.1, -0.05) is 0 Å². The van der Waals surface area contributed by atoms with Crippen molar-refractivity contribution in [2.24, 2.45) is 0 Å². The molecule has 8 heteroatoms. The molecule has 7 nitrogen and oxygen atoms in total. The second kappa shape index (κ2) is 8.31. The normalized spacial score (nSPS) is 10.0. The molecule has 1 aromatic rings. The van der Waals surface area contributed by atoms with Gasteiger partial charge in [0, 0.05) is 5.88 Å². The van der Waals surface area contributed by atoms with Gasteiger partial charge in [0.05, 0.1) is 25.2 Å². The van der Waals surface area contributed by atoms with Crippen LogP contribution >= 0.6 is 11.6 Å². The van der Waals surface area contributed by atoms with E-state index in [0.717, 1.165) is 0 Å². The third kappa shape index (κ3) is 4.22. The van der Waals surface area contributed by atoms with Crippen molar-refractivity contribution < 1.29 is 23.9 Å². The van der Waals surface area contributed by atoms with E-state index < -0.39 is 16.6 Å². The molecule has 0 spiro atoms. The van der Waals surface area contributed by atoms with Crippen LogP contribution in [0.2, 0.25) is 0 Å². The maximum absolute atomic E-state index is 11.8. The van der Waals surface area contributed by atoms with Gasteiger partial charge in [0.1, 0.15) is 5.56 Å². The highest BCUT2D eigenvalue weighted by molar-refractivity contribution is 6.17. The van der Waals surface area contributed by atoms with Crippen LogP contribution in [0.25, 0.3) is 0 Å². The van der Waals surface area contributed by atoms with Crippen LogP contribution in [0, 0.1) is 10.1 Å². The van der Waals surface area contributed by atoms with Gasteiger partial charge < -0.3 is 14.2 Å². The molecule has 1 rings (SSSR count). The number of halogens is 1. The van der Waals surface area contributed by atoms with E-state index in [1.54, 1.807) is 6.92 Å². The fraction of sp³-hybridized carbons (Fsp3) is 0.462. The summed E-state index contributed by atoms with van der Waals surface area (Å²) in [4.78, 5) is 22.3. The molecular formula is C13H16ClNO6. The van der Waals surface area contributed by atoms with Crippen LogP contribution in [0.15, 0.2) is 12.1 Å². The Bertz CT molecular complexity index is 520. The molecule has 0 atom stereocenters. The van der Waals surface area contributed by atoms with Crippen LogP contribution in [0.4, 0.5) is 5.69 Å². The summed E-state index contributed by atoms with van der Waals surface area (Å²) >= 11 is 5.54. The first kappa shape index (κ1) is 17.0. The Morgan fingerprint density at radius 2 is 2.14 bits per heavy atom. The van der Waals surface area contributed by atoms with Gasteiger partial charge in [-0.2, -0.15) is 0 Å². The number of carbonyl (C=O) groups excluding carboxylic acids is 1. The minimum atomic E-state index is -0.783. The quantitative estimate of drug-likeness (QED) is 0.241. The van der Waals surface area contributed by atoms with E-state index in [0.29, 0.717) is 12.3 Å². The first-order valence-electron chi connectivity index (χ1n) is 6.28. The molecule has 0 heterocycles. The van der Waals surface area contributed by atoms with E-state index in [9.17, 15) is 14.9 Å². The van der Waals surface area contributed by atoms with Crippen LogP contribution in [0.5, 0.6) is 11.5 Å². The molecular weight excluding hydrogens is 302 g/mol. The van der Waals surface area contributed by atoms with Gasteiger partial charge in [-0.3, -0.25) is 10.1 Å². The first-order valence-corrected chi connectivity index (χ1v) is 6.81. The SMILES string of the molecule is CCOC(=O)c1ccc(OCCCCl)c(OC)c1[N+](=O)[O-]. The van der Waals surface area contributed by atoms with E-state index in [4.69, 9.17) is 25.8 Å². The third-order valence-electron chi connectivity index (χ3n) is 2.51. The van der Waals surface area contributed by atoms with E-state index in [2.05, 4.69) is 0 Å². The van der Waals surface area contributed by atoms with E-state index in [-0.39, 0.29) is 30.3 Å². The number of esters is 1. The second-order valence-electron chi connectivity index (χ2n) is 3.86. The monoisotopic (exact) mass is 317 g/mol. The van der Waals surface area contributed by atoms with Crippen molar-refractivity contribution in [1.29, 1.82) is 0 Å². The van der Waals surface area contributed by atoms with Crippen molar-refractivity contribution >= 4 is 23.3 Å². The number of benzene rings is 1. The highest BCUT2D eigenvalue weighted by Gasteiger charge is 2.29. The average molecular weight is 318 g/mol. The largest absolute Gasteiger partial charge is 0.489 e. The Hall–Kier alpha value is -2.02. The minimum absolute atomic E-state index is 0.111. The molecule has 0 saturated carbocycles. The summed E-state index contributed by atoms with van der Waals surface area (Å²) in [6.45, 7) is 2.02. The fourth-order valence-corrected chi connectivity index (χ4v) is 1.76. The molecule has 21 heavy (non-hydrogen) atoms. The van der Waals surface area contributed by atoms with Crippen LogP contribution in [-0.2, 0) is 4.74 Å². The summed E-state index contributed by atoms with van der Waals surface area (Å²) < 4.78 is 15.2. The number of rotatable bonds is 8. The average Bonchev–Trinajstić information content (AvgIpc) is 2.46. The van der Waals surface area contributed by atoms with Crippen molar-refractivity contribution in [3.8, 4) is 11.5 Å². The first-order chi connectivity index (χ1) is 10.1. The maximum atomic E-state index is 11.8. The fourth-order valence-electron chi connectivity index (χ4n) is 1.66. The van der Waals surface area contributed by atoms with Crippen molar-refractivity contribution in [1.82, 2.24) is 0 Å². The number of nitrogens with zero attached hydrogens (tertiary/aromatic N) is 1. The van der Waals surface area contributed by atoms with E-state index >= 15 is 0 Å². The Morgan fingerprint density at radius 1 is 1.43 bits per heavy atom. The van der Waals surface area contributed by atoms with Gasteiger partial charge in [-0.05, 0) is 25.5 Å². The Labute approximate surface area is 126 Å². The summed E-state index contributed by atoms with van der Waals surface area (Å²) in [5, 5.41) is 11.2. The molecule has 0 amide bonds. The zero-order valence-corrected chi connectivity index (χ0v) is 12.5. The lowest BCUT2D eigenvalue weighted by atomic mass is 10.1. The Balaban J connectivity index is 3.24. The number of ether oxygens (including phenoxy) is 3. The number of hydrogen-bond acceptors (Lipinski definition) is 6. The standard InChI is InChI=1S/C13H16ClNO6/c1-3-20-13(16)9-5-6-10(21-8-4-7-14)12(19-2)11(9)15(17)18/h5-6H,3-4,7-8H2,1-2H3. The lowest BCUT2D eigenvalue weighted by Gasteiger charge is -2.12. The van der Waals surface area contributed by atoms with Gasteiger partial charge in [0.2, 0.25) is 5.75 Å². The van der Waals surface area contributed by atoms with Gasteiger partial charge in [-0.25, -0.2) is 4.79 Å². The summed E-state index contributed by atoms with van der Waals surface area (Å²) in [6.07, 6.45) is 0.581. The predicted octanol–water partition coefficient (Wildman–Crippen LogP) is 2.79. The van der Waals surface area contributed by atoms with Gasteiger partial charge in [0.25, 0.3) is 0 Å². The van der Waals surface area contributed by atoms with Crippen molar-refractivity contribution in [3.63, 3.8) is 0 Å². The van der Waals surface area contributed by atoms with Gasteiger partial charge in [0.15, 0.2) is 5.75 Å². The van der Waals surface area contributed by atoms with Crippen molar-refractivity contribution in [2.75, 3.05) is 26.2 Å². The number of carbonyl (C=O) groups is 1. The van der Waals surface area contributed by atoms with E-state index in [1.165, 1.54) is 19.2 Å². The smallest absolute Gasteiger partial charge is 0.345 e. The third-order valence-corrected chi connectivity index (χ3v) is 2.78. The lowest BCUT2D eigenvalue weighted by molar-refractivity contribution is -0.386. The van der Waals surface area contributed by atoms with Crippen LogP contribution in [-0.4, -0.2) is 37.1 Å². The van der Waals surface area contributed by atoms with Crippen molar-refractivity contribution in [2.45, 2.75) is 13.3 Å². The molecule has 1 aromatic carbocycles. The highest BCUT2D eigenvalue weighted by atomic mass is 35.5. The molecule has 0 unspecified atom stereocenters. The molecule has 0 fully saturated rings. The number of methoxy groups -OCH3 is 1. The second-order valence-corrected chi connectivity index (χ2v) is 4.24. The maximum Gasteiger partial charge on any atom is 0.345 e. The lowest BCUT2D eigenvalue weighted by Crippen LogP contribution is -2.10. The molecule has 0 bridgehead atoms. The molecule has 0 saturated heterocycles. The zero-order chi connectivity index (χ0) is 15.8. The molecule has 116 valence electrons. The summed E-state index contributed by atoms with van der Waals surface area (Å²) in [6, 6.07) is 2.72. The highest BCUT2D eigenvalue weighted by Crippen LogP contribution is 2.39. The molecule has 0 aromatic heterocycles. The molecule has 0 aliphatic rings. The summed E-state index contributed by atoms with van der Waals surface area (Å²) in [7, 11) is 1.27. The Morgan fingerprint density at radius 3 is 2.67 bits per heavy atom. The van der Waals surface area contributed by atoms with E-state index in [1.807, 2.05) is 0 Å². The molecule has 0 N–H and O–H groups in total. The van der Waals surface area contributed by atoms with Gasteiger partial charge in [-0.15, -0.1) is 11.6 Å². The topological polar surface area (TPSA) is 87.9 Å². The molecule has 0 aliphatic heterocycles. The number of nitro benzene ring substituents is 1. The summed E-state index contributed by atoms with van der Waals surface area (Å²) in [5.74, 6) is -0.303. The van der Waals surface area contributed by atoms with Crippen LogP contribution in [0.3, 0.4) is 0 Å². The van der Waals surface area contributed by atoms with Crippen molar-refractivity contribution in [3.05, 3.63) is 27.8 Å².